The number of aromatic nitrogens is 1. The minimum absolute atomic E-state index is 0.0522. The number of rotatable bonds is 4. The number of amides is 1. The van der Waals surface area contributed by atoms with Crippen molar-refractivity contribution in [1.82, 2.24) is 9.88 Å². The van der Waals surface area contributed by atoms with E-state index >= 15 is 0 Å². The van der Waals surface area contributed by atoms with Crippen molar-refractivity contribution in [2.75, 3.05) is 19.7 Å². The molecule has 1 aliphatic heterocycles. The first-order valence-electron chi connectivity index (χ1n) is 7.92. The Bertz CT molecular complexity index is 681. The number of hydrogen-bond donors (Lipinski definition) is 0. The van der Waals surface area contributed by atoms with Crippen LogP contribution in [0.25, 0.3) is 0 Å². The second-order valence-electron chi connectivity index (χ2n) is 5.86. The molecule has 2 aromatic rings. The molecule has 0 radical (unpaired) electrons. The topological polar surface area (TPSA) is 42.4 Å². The molecule has 1 aromatic heterocycles. The monoisotopic (exact) mass is 364 g/mol. The Balaban J connectivity index is 1.52. The smallest absolute Gasteiger partial charge is 0.254 e. The summed E-state index contributed by atoms with van der Waals surface area (Å²) < 4.78 is 5.81. The number of carbonyl (C=O) groups excluding carboxylic acids is 1. The summed E-state index contributed by atoms with van der Waals surface area (Å²) in [5, 5.41) is 0.467. The highest BCUT2D eigenvalue weighted by molar-refractivity contribution is 6.33. The van der Waals surface area contributed by atoms with E-state index in [-0.39, 0.29) is 16.2 Å². The highest BCUT2D eigenvalue weighted by Crippen LogP contribution is 2.22. The maximum atomic E-state index is 12.5. The molecule has 0 unspecified atom stereocenters. The van der Waals surface area contributed by atoms with Gasteiger partial charge in [-0.25, -0.2) is 4.98 Å². The van der Waals surface area contributed by atoms with Crippen LogP contribution in [0.15, 0.2) is 42.5 Å². The van der Waals surface area contributed by atoms with Crippen molar-refractivity contribution in [2.45, 2.75) is 12.8 Å². The van der Waals surface area contributed by atoms with E-state index in [0.29, 0.717) is 31.2 Å². The molecule has 2 heterocycles. The van der Waals surface area contributed by atoms with Crippen molar-refractivity contribution >= 4 is 29.1 Å². The van der Waals surface area contributed by atoms with Gasteiger partial charge in [0, 0.05) is 18.7 Å². The van der Waals surface area contributed by atoms with Gasteiger partial charge in [-0.15, -0.1) is 0 Å². The molecular formula is C18H18Cl2N2O2. The number of halogens is 2. The Hall–Kier alpha value is -1.78. The summed E-state index contributed by atoms with van der Waals surface area (Å²) >= 11 is 11.7. The Morgan fingerprint density at radius 2 is 1.75 bits per heavy atom. The highest BCUT2D eigenvalue weighted by atomic mass is 35.5. The minimum atomic E-state index is -0.0522. The number of pyridine rings is 1. The van der Waals surface area contributed by atoms with E-state index in [1.54, 1.807) is 12.1 Å². The third kappa shape index (κ3) is 4.40. The summed E-state index contributed by atoms with van der Waals surface area (Å²) in [7, 11) is 0. The molecule has 0 N–H and O–H groups in total. The Morgan fingerprint density at radius 3 is 2.38 bits per heavy atom. The van der Waals surface area contributed by atoms with Crippen LogP contribution < -0.4 is 4.74 Å². The van der Waals surface area contributed by atoms with Crippen molar-refractivity contribution in [3.63, 3.8) is 0 Å². The lowest BCUT2D eigenvalue weighted by Gasteiger charge is -2.32. The molecule has 4 nitrogen and oxygen atoms in total. The van der Waals surface area contributed by atoms with E-state index in [0.717, 1.165) is 18.6 Å². The molecule has 3 rings (SSSR count). The van der Waals surface area contributed by atoms with Crippen molar-refractivity contribution in [2.24, 2.45) is 5.92 Å². The number of hydrogen-bond acceptors (Lipinski definition) is 3. The predicted molar refractivity (Wildman–Crippen MR) is 94.8 cm³/mol. The van der Waals surface area contributed by atoms with E-state index in [2.05, 4.69) is 4.98 Å². The van der Waals surface area contributed by atoms with Crippen molar-refractivity contribution in [3.05, 3.63) is 58.3 Å². The molecule has 0 saturated carbocycles. The number of likely N-dealkylation sites (tertiary alicyclic amines) is 1. The molecule has 6 heteroatoms. The zero-order valence-corrected chi connectivity index (χ0v) is 14.6. The normalized spacial score (nSPS) is 15.3. The van der Waals surface area contributed by atoms with Gasteiger partial charge in [0.15, 0.2) is 0 Å². The van der Waals surface area contributed by atoms with Crippen LogP contribution in [0.3, 0.4) is 0 Å². The Morgan fingerprint density at radius 1 is 1.12 bits per heavy atom. The van der Waals surface area contributed by atoms with Gasteiger partial charge < -0.3 is 9.64 Å². The molecule has 1 saturated heterocycles. The van der Waals surface area contributed by atoms with E-state index in [1.165, 1.54) is 0 Å². The van der Waals surface area contributed by atoms with Gasteiger partial charge in [-0.2, -0.15) is 0 Å². The molecular weight excluding hydrogens is 347 g/mol. The summed E-state index contributed by atoms with van der Waals surface area (Å²) in [6, 6.07) is 12.9. The standard InChI is InChI=1S/C18H18Cl2N2O2/c19-16-10-14(11-17(20)21-16)18(23)22-8-6-13(7-9-22)12-24-15-4-2-1-3-5-15/h1-5,10-11,13H,6-9,12H2. The Labute approximate surface area is 151 Å². The van der Waals surface area contributed by atoms with E-state index in [9.17, 15) is 4.79 Å². The fraction of sp³-hybridized carbons (Fsp3) is 0.333. The summed E-state index contributed by atoms with van der Waals surface area (Å²) in [6.45, 7) is 2.09. The first-order valence-corrected chi connectivity index (χ1v) is 8.67. The second kappa shape index (κ2) is 7.86. The molecule has 0 bridgehead atoms. The lowest BCUT2D eigenvalue weighted by molar-refractivity contribution is 0.0661. The zero-order valence-electron chi connectivity index (χ0n) is 13.1. The van der Waals surface area contributed by atoms with Crippen LogP contribution in [0, 0.1) is 5.92 Å². The summed E-state index contributed by atoms with van der Waals surface area (Å²) in [5.41, 5.74) is 0.485. The Kier molecular flexibility index (Phi) is 5.59. The summed E-state index contributed by atoms with van der Waals surface area (Å²) in [5.74, 6) is 1.29. The number of nitrogens with zero attached hydrogens (tertiary/aromatic N) is 2. The zero-order chi connectivity index (χ0) is 16.9. The van der Waals surface area contributed by atoms with Crippen LogP contribution >= 0.6 is 23.2 Å². The third-order valence-electron chi connectivity index (χ3n) is 4.14. The molecule has 0 atom stereocenters. The quantitative estimate of drug-likeness (QED) is 0.758. The molecule has 1 amide bonds. The molecule has 126 valence electrons. The van der Waals surface area contributed by atoms with Gasteiger partial charge in [-0.3, -0.25) is 4.79 Å². The molecule has 1 aromatic carbocycles. The number of ether oxygens (including phenoxy) is 1. The molecule has 1 aliphatic rings. The number of benzene rings is 1. The van der Waals surface area contributed by atoms with Crippen LogP contribution in [0.5, 0.6) is 5.75 Å². The van der Waals surface area contributed by atoms with Gasteiger partial charge in [0.25, 0.3) is 5.91 Å². The lowest BCUT2D eigenvalue weighted by Crippen LogP contribution is -2.39. The first kappa shape index (κ1) is 17.1. The van der Waals surface area contributed by atoms with Gasteiger partial charge in [0.05, 0.1) is 6.61 Å². The van der Waals surface area contributed by atoms with Gasteiger partial charge in [0.1, 0.15) is 16.1 Å². The van der Waals surface area contributed by atoms with Crippen LogP contribution in [-0.2, 0) is 0 Å². The molecule has 0 spiro atoms. The van der Waals surface area contributed by atoms with E-state index < -0.39 is 0 Å². The fourth-order valence-electron chi connectivity index (χ4n) is 2.80. The van der Waals surface area contributed by atoms with Crippen LogP contribution in [-0.4, -0.2) is 35.5 Å². The number of carbonyl (C=O) groups is 1. The fourth-order valence-corrected chi connectivity index (χ4v) is 3.26. The number of piperidine rings is 1. The molecule has 24 heavy (non-hydrogen) atoms. The van der Waals surface area contributed by atoms with Crippen LogP contribution in [0.2, 0.25) is 10.3 Å². The highest BCUT2D eigenvalue weighted by Gasteiger charge is 2.24. The van der Waals surface area contributed by atoms with Gasteiger partial charge in [-0.05, 0) is 43.0 Å². The van der Waals surface area contributed by atoms with Crippen LogP contribution in [0.4, 0.5) is 0 Å². The SMILES string of the molecule is O=C(c1cc(Cl)nc(Cl)c1)N1CCC(COc2ccccc2)CC1. The molecule has 1 fully saturated rings. The lowest BCUT2D eigenvalue weighted by atomic mass is 9.97. The average molecular weight is 365 g/mol. The van der Waals surface area contributed by atoms with Crippen molar-refractivity contribution in [1.29, 1.82) is 0 Å². The number of para-hydroxylation sites is 1. The summed E-state index contributed by atoms with van der Waals surface area (Å²) in [6.07, 6.45) is 1.84. The van der Waals surface area contributed by atoms with Crippen LogP contribution in [0.1, 0.15) is 23.2 Å². The minimum Gasteiger partial charge on any atom is -0.493 e. The predicted octanol–water partition coefficient (Wildman–Crippen LogP) is 4.32. The maximum Gasteiger partial charge on any atom is 0.254 e. The largest absolute Gasteiger partial charge is 0.493 e. The van der Waals surface area contributed by atoms with E-state index in [4.69, 9.17) is 27.9 Å². The van der Waals surface area contributed by atoms with Gasteiger partial charge >= 0.3 is 0 Å². The second-order valence-corrected chi connectivity index (χ2v) is 6.64. The maximum absolute atomic E-state index is 12.5. The average Bonchev–Trinajstić information content (AvgIpc) is 2.60. The molecule has 0 aliphatic carbocycles. The van der Waals surface area contributed by atoms with Gasteiger partial charge in [-0.1, -0.05) is 41.4 Å². The van der Waals surface area contributed by atoms with E-state index in [1.807, 2.05) is 35.2 Å². The first-order chi connectivity index (χ1) is 11.6. The third-order valence-corrected chi connectivity index (χ3v) is 4.53. The summed E-state index contributed by atoms with van der Waals surface area (Å²) in [4.78, 5) is 18.2. The van der Waals surface area contributed by atoms with Crippen molar-refractivity contribution < 1.29 is 9.53 Å². The van der Waals surface area contributed by atoms with Crippen molar-refractivity contribution in [3.8, 4) is 5.75 Å². The van der Waals surface area contributed by atoms with Gasteiger partial charge in [0.2, 0.25) is 0 Å².